The zero-order valence-corrected chi connectivity index (χ0v) is 15.0. The molecular weight excluding hydrogens is 358 g/mol. The Morgan fingerprint density at radius 2 is 1.62 bits per heavy atom. The molecule has 1 aliphatic rings. The smallest absolute Gasteiger partial charge is 0.304 e. The van der Waals surface area contributed by atoms with Crippen LogP contribution in [0, 0.1) is 0 Å². The number of hydrogen-bond acceptors (Lipinski definition) is 6. The maximum atomic E-state index is 12.9. The van der Waals surface area contributed by atoms with E-state index in [9.17, 15) is 18.0 Å². The Balaban J connectivity index is 1.97. The number of benzene rings is 2. The highest BCUT2D eigenvalue weighted by Crippen LogP contribution is 2.33. The van der Waals surface area contributed by atoms with Crippen LogP contribution in [0.3, 0.4) is 0 Å². The topological polar surface area (TPSA) is 90.0 Å². The minimum atomic E-state index is -4.19. The highest BCUT2D eigenvalue weighted by Gasteiger charge is 2.46. The van der Waals surface area contributed by atoms with Crippen LogP contribution in [0.1, 0.15) is 11.5 Å². The molecule has 0 spiro atoms. The molecule has 0 bridgehead atoms. The van der Waals surface area contributed by atoms with Crippen LogP contribution in [0.2, 0.25) is 0 Å². The number of rotatable bonds is 5. The van der Waals surface area contributed by atoms with Gasteiger partial charge in [0.1, 0.15) is 0 Å². The van der Waals surface area contributed by atoms with Crippen molar-refractivity contribution in [2.75, 3.05) is 20.8 Å². The molecule has 0 unspecified atom stereocenters. The van der Waals surface area contributed by atoms with E-state index in [0.29, 0.717) is 15.6 Å². The lowest BCUT2D eigenvalue weighted by atomic mass is 9.97. The first-order chi connectivity index (χ1) is 12.4. The minimum Gasteiger partial charge on any atom is -0.493 e. The number of hydrogen-bond donors (Lipinski definition) is 0. The van der Waals surface area contributed by atoms with Gasteiger partial charge in [-0.25, -0.2) is 12.7 Å². The average molecular weight is 375 g/mol. The van der Waals surface area contributed by atoms with E-state index in [1.54, 1.807) is 30.3 Å². The predicted octanol–water partition coefficient (Wildman–Crippen LogP) is 1.59. The van der Waals surface area contributed by atoms with Crippen LogP contribution in [-0.2, 0) is 19.6 Å². The van der Waals surface area contributed by atoms with Crippen molar-refractivity contribution in [1.82, 2.24) is 4.31 Å². The Kier molecular flexibility index (Phi) is 4.69. The fourth-order valence-electron chi connectivity index (χ4n) is 2.86. The van der Waals surface area contributed by atoms with Crippen molar-refractivity contribution < 1.29 is 27.5 Å². The number of amides is 1. The summed E-state index contributed by atoms with van der Waals surface area (Å²) in [5.74, 6) is -2.00. The van der Waals surface area contributed by atoms with Gasteiger partial charge in [-0.15, -0.1) is 0 Å². The number of carbonyl (C=O) groups is 2. The van der Waals surface area contributed by atoms with Crippen molar-refractivity contribution in [3.8, 4) is 11.5 Å². The summed E-state index contributed by atoms with van der Waals surface area (Å²) >= 11 is 0. The van der Waals surface area contributed by atoms with Crippen molar-refractivity contribution >= 4 is 21.7 Å². The molecule has 1 heterocycles. The molecule has 1 saturated heterocycles. The summed E-state index contributed by atoms with van der Waals surface area (Å²) in [6.45, 7) is -0.224. The predicted molar refractivity (Wildman–Crippen MR) is 92.6 cm³/mol. The Morgan fingerprint density at radius 1 is 0.962 bits per heavy atom. The molecule has 8 heteroatoms. The van der Waals surface area contributed by atoms with E-state index in [0.717, 1.165) is 0 Å². The van der Waals surface area contributed by atoms with Crippen molar-refractivity contribution in [3.05, 3.63) is 54.1 Å². The van der Waals surface area contributed by atoms with Crippen LogP contribution >= 0.6 is 0 Å². The lowest BCUT2D eigenvalue weighted by molar-refractivity contribution is -0.138. The van der Waals surface area contributed by atoms with E-state index in [2.05, 4.69) is 0 Å². The molecule has 2 aromatic carbocycles. The number of Topliss-reactive ketones (excluding diaryl/α,β-unsaturated/α-hetero) is 1. The molecule has 0 aliphatic carbocycles. The summed E-state index contributed by atoms with van der Waals surface area (Å²) in [4.78, 5) is 24.5. The first-order valence-corrected chi connectivity index (χ1v) is 9.22. The fraction of sp³-hybridized carbons (Fsp3) is 0.222. The zero-order chi connectivity index (χ0) is 18.9. The van der Waals surface area contributed by atoms with Crippen molar-refractivity contribution in [1.29, 1.82) is 0 Å². The normalized spacial score (nSPS) is 17.5. The van der Waals surface area contributed by atoms with Gasteiger partial charge in [-0.2, -0.15) is 0 Å². The second-order valence-corrected chi connectivity index (χ2v) is 7.55. The third kappa shape index (κ3) is 2.92. The summed E-state index contributed by atoms with van der Waals surface area (Å²) in [5.41, 5.74) is 0.607. The summed E-state index contributed by atoms with van der Waals surface area (Å²) in [6, 6.07) is 12.7. The summed E-state index contributed by atoms with van der Waals surface area (Å²) in [5, 5.41) is 0. The van der Waals surface area contributed by atoms with Gasteiger partial charge in [-0.05, 0) is 17.7 Å². The van der Waals surface area contributed by atoms with Crippen LogP contribution in [0.25, 0.3) is 0 Å². The molecule has 2 aromatic rings. The lowest BCUT2D eigenvalue weighted by Crippen LogP contribution is -2.33. The largest absolute Gasteiger partial charge is 0.493 e. The second kappa shape index (κ2) is 6.80. The van der Waals surface area contributed by atoms with Crippen LogP contribution in [0.15, 0.2) is 53.4 Å². The molecule has 0 N–H and O–H groups in total. The maximum absolute atomic E-state index is 12.9. The van der Waals surface area contributed by atoms with Crippen LogP contribution in [0.4, 0.5) is 0 Å². The van der Waals surface area contributed by atoms with Gasteiger partial charge >= 0.3 is 5.91 Å². The molecule has 3 rings (SSSR count). The van der Waals surface area contributed by atoms with Crippen LogP contribution < -0.4 is 9.47 Å². The Bertz CT molecular complexity index is 955. The minimum absolute atomic E-state index is 0.148. The van der Waals surface area contributed by atoms with E-state index in [-0.39, 0.29) is 17.2 Å². The number of nitrogens with zero attached hydrogens (tertiary/aromatic N) is 1. The van der Waals surface area contributed by atoms with Crippen LogP contribution in [-0.4, -0.2) is 45.2 Å². The molecule has 7 nitrogen and oxygen atoms in total. The molecule has 0 saturated carbocycles. The van der Waals surface area contributed by atoms with Crippen LogP contribution in [0.5, 0.6) is 11.5 Å². The third-order valence-corrected chi connectivity index (χ3v) is 5.99. The van der Waals surface area contributed by atoms with Gasteiger partial charge in [0.15, 0.2) is 11.5 Å². The molecule has 1 amide bonds. The number of ether oxygens (including phenoxy) is 2. The van der Waals surface area contributed by atoms with E-state index in [1.165, 1.54) is 32.4 Å². The second-order valence-electron chi connectivity index (χ2n) is 5.69. The molecule has 0 aromatic heterocycles. The Hall–Kier alpha value is -2.87. The average Bonchev–Trinajstić information content (AvgIpc) is 2.97. The third-order valence-electron chi connectivity index (χ3n) is 4.25. The summed E-state index contributed by atoms with van der Waals surface area (Å²) in [7, 11) is -1.38. The molecule has 1 aliphatic heterocycles. The highest BCUT2D eigenvalue weighted by molar-refractivity contribution is 7.89. The summed E-state index contributed by atoms with van der Waals surface area (Å²) < 4.78 is 36.6. The van der Waals surface area contributed by atoms with Gasteiger partial charge in [0.2, 0.25) is 5.78 Å². The molecule has 1 atom stereocenters. The van der Waals surface area contributed by atoms with Crippen molar-refractivity contribution in [2.45, 2.75) is 10.8 Å². The Labute approximate surface area is 151 Å². The van der Waals surface area contributed by atoms with Gasteiger partial charge in [-0.1, -0.05) is 30.3 Å². The fourth-order valence-corrected chi connectivity index (χ4v) is 4.26. The number of methoxy groups -OCH3 is 2. The Morgan fingerprint density at radius 3 is 2.23 bits per heavy atom. The van der Waals surface area contributed by atoms with Crippen molar-refractivity contribution in [3.63, 3.8) is 0 Å². The number of sulfonamides is 1. The SMILES string of the molecule is COc1ccc(S(=O)(=O)N2C[C@@H](c3ccccc3)C(=O)C2=O)cc1OC. The van der Waals surface area contributed by atoms with Gasteiger partial charge in [0.05, 0.1) is 31.6 Å². The summed E-state index contributed by atoms with van der Waals surface area (Å²) in [6.07, 6.45) is 0. The van der Waals surface area contributed by atoms with Gasteiger partial charge in [0, 0.05) is 6.07 Å². The molecule has 0 radical (unpaired) electrons. The quantitative estimate of drug-likeness (QED) is 0.737. The van der Waals surface area contributed by atoms with E-state index in [4.69, 9.17) is 9.47 Å². The molecule has 26 heavy (non-hydrogen) atoms. The monoisotopic (exact) mass is 375 g/mol. The standard InChI is InChI=1S/C18H17NO6S/c1-24-15-9-8-13(10-16(15)25-2)26(22,23)19-11-14(17(20)18(19)21)12-6-4-3-5-7-12/h3-10,14H,11H2,1-2H3/t14-/m0/s1. The maximum Gasteiger partial charge on any atom is 0.304 e. The van der Waals surface area contributed by atoms with Gasteiger partial charge in [0.25, 0.3) is 10.0 Å². The number of ketones is 1. The first kappa shape index (κ1) is 17.9. The number of carbonyl (C=O) groups excluding carboxylic acids is 2. The van der Waals surface area contributed by atoms with E-state index < -0.39 is 27.6 Å². The van der Waals surface area contributed by atoms with Crippen molar-refractivity contribution in [2.24, 2.45) is 0 Å². The van der Waals surface area contributed by atoms with Gasteiger partial charge in [-0.3, -0.25) is 9.59 Å². The molecular formula is C18H17NO6S. The lowest BCUT2D eigenvalue weighted by Gasteiger charge is -2.17. The van der Waals surface area contributed by atoms with E-state index >= 15 is 0 Å². The molecule has 1 fully saturated rings. The van der Waals surface area contributed by atoms with Gasteiger partial charge < -0.3 is 9.47 Å². The van der Waals surface area contributed by atoms with E-state index in [1.807, 2.05) is 0 Å². The highest BCUT2D eigenvalue weighted by atomic mass is 32.2. The first-order valence-electron chi connectivity index (χ1n) is 7.78. The molecule has 136 valence electrons. The zero-order valence-electron chi connectivity index (χ0n) is 14.2.